The van der Waals surface area contributed by atoms with Crippen LogP contribution in [0.5, 0.6) is 0 Å². The van der Waals surface area contributed by atoms with E-state index < -0.39 is 5.54 Å². The van der Waals surface area contributed by atoms with E-state index in [1.54, 1.807) is 20.0 Å². The van der Waals surface area contributed by atoms with Crippen LogP contribution in [0.4, 0.5) is 0 Å². The number of nitrogens with zero attached hydrogens (tertiary/aromatic N) is 2. The van der Waals surface area contributed by atoms with E-state index in [0.717, 1.165) is 11.1 Å². The third-order valence-electron chi connectivity index (χ3n) is 5.78. The average Bonchev–Trinajstić information content (AvgIpc) is 3.23. The summed E-state index contributed by atoms with van der Waals surface area (Å²) in [5.41, 5.74) is 7.03. The van der Waals surface area contributed by atoms with Gasteiger partial charge in [0.05, 0.1) is 38.0 Å². The Kier molecular flexibility index (Phi) is 12.5. The molecule has 1 heterocycles. The molecule has 10 nitrogen and oxygen atoms in total. The summed E-state index contributed by atoms with van der Waals surface area (Å²) in [7, 11) is 1.85. The first-order chi connectivity index (χ1) is 18.5. The number of rotatable bonds is 12. The molecular weight excluding hydrogens is 496 g/mol. The number of ether oxygens (including phenoxy) is 1. The molecule has 0 saturated heterocycles. The second kappa shape index (κ2) is 15.5. The number of carbonyl (C=O) groups is 3. The number of nitrogens with two attached hydrogens (primary N) is 1. The first-order valence-electron chi connectivity index (χ1n) is 12.9. The van der Waals surface area contributed by atoms with Gasteiger partial charge in [0.15, 0.2) is 0 Å². The molecule has 2 atom stereocenters. The van der Waals surface area contributed by atoms with Gasteiger partial charge in [-0.3, -0.25) is 14.4 Å². The van der Waals surface area contributed by atoms with Crippen LogP contribution in [0.1, 0.15) is 44.9 Å². The van der Waals surface area contributed by atoms with E-state index >= 15 is 0 Å². The molecule has 0 radical (unpaired) electrons. The third-order valence-corrected chi connectivity index (χ3v) is 5.78. The average molecular weight is 539 g/mol. The van der Waals surface area contributed by atoms with Crippen molar-refractivity contribution in [2.45, 2.75) is 51.9 Å². The van der Waals surface area contributed by atoms with Crippen LogP contribution in [0.25, 0.3) is 0 Å². The van der Waals surface area contributed by atoms with Crippen LogP contribution in [0.3, 0.4) is 0 Å². The summed E-state index contributed by atoms with van der Waals surface area (Å²) >= 11 is 0. The van der Waals surface area contributed by atoms with Gasteiger partial charge in [0.1, 0.15) is 5.82 Å². The van der Waals surface area contributed by atoms with Gasteiger partial charge in [-0.25, -0.2) is 0 Å². The number of hydrogen-bond acceptors (Lipinski definition) is 7. The number of amides is 3. The Morgan fingerprint density at radius 1 is 1.05 bits per heavy atom. The Balaban J connectivity index is 0.000000277. The molecule has 0 saturated carbocycles. The molecule has 0 bridgehead atoms. The molecule has 2 unspecified atom stereocenters. The van der Waals surface area contributed by atoms with E-state index in [4.69, 9.17) is 10.5 Å². The maximum absolute atomic E-state index is 12.1. The second-order valence-corrected chi connectivity index (χ2v) is 10.2. The topological polar surface area (TPSA) is 129 Å². The SMILES string of the molecule is CC(COCc1ccccc1)NC(=O)C(C)(C)N.CC(NC(=O)CN1C=C(NC=O)N(C)C1)c1ccccc1. The lowest BCUT2D eigenvalue weighted by atomic mass is 10.1. The van der Waals surface area contributed by atoms with Crippen LogP contribution in [-0.4, -0.2) is 66.5 Å². The first kappa shape index (κ1) is 31.3. The first-order valence-corrected chi connectivity index (χ1v) is 12.9. The molecule has 10 heteroatoms. The standard InChI is InChI=1S/C15H20N4O2.C14H22N2O2/c1-12(13-6-4-3-5-7-13)17-15(21)9-19-8-14(16-10-20)18(2)11-19;1-11(16-13(17)14(2,3)15)9-18-10-12-7-5-4-6-8-12/h3-8,10,12H,9,11H2,1-2H3,(H,16,20)(H,17,21);4-8,11H,9-10,15H2,1-3H3,(H,16,17). The Hall–Kier alpha value is -3.89. The van der Waals surface area contributed by atoms with Crippen molar-refractivity contribution in [3.8, 4) is 0 Å². The lowest BCUT2D eigenvalue weighted by molar-refractivity contribution is -0.126. The van der Waals surface area contributed by atoms with Gasteiger partial charge >= 0.3 is 0 Å². The van der Waals surface area contributed by atoms with E-state index in [-0.39, 0.29) is 30.4 Å². The van der Waals surface area contributed by atoms with Crippen molar-refractivity contribution in [3.05, 3.63) is 83.8 Å². The van der Waals surface area contributed by atoms with E-state index in [1.165, 1.54) is 0 Å². The molecule has 0 aliphatic carbocycles. The van der Waals surface area contributed by atoms with Crippen LogP contribution >= 0.6 is 0 Å². The highest BCUT2D eigenvalue weighted by Crippen LogP contribution is 2.13. The minimum absolute atomic E-state index is 0.0319. The van der Waals surface area contributed by atoms with Gasteiger partial charge in [-0.05, 0) is 38.8 Å². The summed E-state index contributed by atoms with van der Waals surface area (Å²) in [6.07, 6.45) is 2.39. The van der Waals surface area contributed by atoms with E-state index in [0.29, 0.717) is 32.1 Å². The Morgan fingerprint density at radius 2 is 1.67 bits per heavy atom. The van der Waals surface area contributed by atoms with Crippen LogP contribution in [0, 0.1) is 0 Å². The van der Waals surface area contributed by atoms with Gasteiger partial charge in [-0.2, -0.15) is 0 Å². The zero-order chi connectivity index (χ0) is 28.8. The van der Waals surface area contributed by atoms with Gasteiger partial charge in [-0.15, -0.1) is 0 Å². The maximum Gasteiger partial charge on any atom is 0.240 e. The summed E-state index contributed by atoms with van der Waals surface area (Å²) in [5.74, 6) is 0.468. The predicted octanol–water partition coefficient (Wildman–Crippen LogP) is 2.06. The van der Waals surface area contributed by atoms with Gasteiger partial charge < -0.3 is 36.2 Å². The van der Waals surface area contributed by atoms with Crippen molar-refractivity contribution in [1.82, 2.24) is 25.8 Å². The third kappa shape index (κ3) is 11.6. The Bertz CT molecular complexity index is 1070. The van der Waals surface area contributed by atoms with Crippen molar-refractivity contribution in [2.24, 2.45) is 5.73 Å². The number of nitrogens with one attached hydrogen (secondary N) is 3. The molecule has 2 aromatic rings. The molecule has 1 aliphatic rings. The van der Waals surface area contributed by atoms with Crippen LogP contribution in [-0.2, 0) is 25.7 Å². The number of hydrogen-bond donors (Lipinski definition) is 4. The zero-order valence-corrected chi connectivity index (χ0v) is 23.5. The zero-order valence-electron chi connectivity index (χ0n) is 23.5. The summed E-state index contributed by atoms with van der Waals surface area (Å²) in [4.78, 5) is 37.9. The maximum atomic E-state index is 12.1. The number of benzene rings is 2. The quantitative estimate of drug-likeness (QED) is 0.305. The van der Waals surface area contributed by atoms with Crippen molar-refractivity contribution >= 4 is 18.2 Å². The van der Waals surface area contributed by atoms with Crippen molar-refractivity contribution in [1.29, 1.82) is 0 Å². The van der Waals surface area contributed by atoms with E-state index in [2.05, 4.69) is 16.0 Å². The van der Waals surface area contributed by atoms with Crippen molar-refractivity contribution in [3.63, 3.8) is 0 Å². The monoisotopic (exact) mass is 538 g/mol. The fourth-order valence-corrected chi connectivity index (χ4v) is 3.64. The molecule has 0 fully saturated rings. The fraction of sp³-hybridized carbons (Fsp3) is 0.414. The highest BCUT2D eigenvalue weighted by atomic mass is 16.5. The molecule has 3 amide bonds. The normalized spacial score (nSPS) is 14.4. The van der Waals surface area contributed by atoms with Crippen molar-refractivity contribution < 1.29 is 19.1 Å². The molecule has 2 aromatic carbocycles. The minimum atomic E-state index is -0.853. The van der Waals surface area contributed by atoms with E-state index in [1.807, 2.05) is 91.4 Å². The fourth-order valence-electron chi connectivity index (χ4n) is 3.64. The lowest BCUT2D eigenvalue weighted by Gasteiger charge is -2.21. The molecular formula is C29H42N6O4. The molecule has 5 N–H and O–H groups in total. The van der Waals surface area contributed by atoms with Crippen LogP contribution < -0.4 is 21.7 Å². The minimum Gasteiger partial charge on any atom is -0.375 e. The van der Waals surface area contributed by atoms with Crippen LogP contribution in [0.15, 0.2) is 72.7 Å². The summed E-state index contributed by atoms with van der Waals surface area (Å²) in [5, 5.41) is 8.38. The Morgan fingerprint density at radius 3 is 2.26 bits per heavy atom. The molecule has 39 heavy (non-hydrogen) atoms. The van der Waals surface area contributed by atoms with Gasteiger partial charge in [0.2, 0.25) is 18.2 Å². The van der Waals surface area contributed by atoms with Crippen LogP contribution in [0.2, 0.25) is 0 Å². The highest BCUT2D eigenvalue weighted by Gasteiger charge is 2.23. The highest BCUT2D eigenvalue weighted by molar-refractivity contribution is 5.85. The molecule has 212 valence electrons. The second-order valence-electron chi connectivity index (χ2n) is 10.2. The summed E-state index contributed by atoms with van der Waals surface area (Å²) in [6.45, 7) is 9.06. The Labute approximate surface area is 231 Å². The number of carbonyl (C=O) groups excluding carboxylic acids is 3. The lowest BCUT2D eigenvalue weighted by Crippen LogP contribution is -2.52. The van der Waals surface area contributed by atoms with E-state index in [9.17, 15) is 14.4 Å². The summed E-state index contributed by atoms with van der Waals surface area (Å²) < 4.78 is 5.54. The van der Waals surface area contributed by atoms with Gasteiger partial charge in [0, 0.05) is 19.3 Å². The van der Waals surface area contributed by atoms with Gasteiger partial charge in [-0.1, -0.05) is 60.7 Å². The molecule has 1 aliphatic heterocycles. The largest absolute Gasteiger partial charge is 0.375 e. The molecule has 3 rings (SSSR count). The summed E-state index contributed by atoms with van der Waals surface area (Å²) in [6, 6.07) is 19.7. The van der Waals surface area contributed by atoms with Gasteiger partial charge in [0.25, 0.3) is 0 Å². The molecule has 0 aromatic heterocycles. The molecule has 0 spiro atoms. The smallest absolute Gasteiger partial charge is 0.240 e. The van der Waals surface area contributed by atoms with Crippen molar-refractivity contribution in [2.75, 3.05) is 26.9 Å². The predicted molar refractivity (Wildman–Crippen MR) is 152 cm³/mol.